The number of rotatable bonds is 3. The van der Waals surface area contributed by atoms with Gasteiger partial charge in [-0.2, -0.15) is 0 Å². The monoisotopic (exact) mass is 328 g/mol. The second-order valence-corrected chi connectivity index (χ2v) is 7.99. The van der Waals surface area contributed by atoms with Gasteiger partial charge in [-0.1, -0.05) is 6.42 Å². The Labute approximate surface area is 122 Å². The normalized spacial score (nSPS) is 26.2. The van der Waals surface area contributed by atoms with Crippen molar-refractivity contribution < 1.29 is 0 Å². The van der Waals surface area contributed by atoms with Gasteiger partial charge in [0.15, 0.2) is 0 Å². The van der Waals surface area contributed by atoms with Crippen molar-refractivity contribution in [2.75, 3.05) is 32.7 Å². The van der Waals surface area contributed by atoms with E-state index in [1.165, 1.54) is 67.1 Å². The number of fused-ring (bicyclic) bond motifs is 1. The molecule has 0 radical (unpaired) electrons. The van der Waals surface area contributed by atoms with Crippen LogP contribution in [0.4, 0.5) is 0 Å². The number of piperazine rings is 1. The Balaban J connectivity index is 1.49. The molecule has 2 aliphatic rings. The Morgan fingerprint density at radius 2 is 2.17 bits per heavy atom. The highest BCUT2D eigenvalue weighted by Crippen LogP contribution is 2.24. The zero-order chi connectivity index (χ0) is 12.4. The molecule has 2 saturated heterocycles. The average molecular weight is 329 g/mol. The third-order valence-electron chi connectivity index (χ3n) is 4.22. The zero-order valence-electron chi connectivity index (χ0n) is 10.8. The molecule has 100 valence electrons. The summed E-state index contributed by atoms with van der Waals surface area (Å²) in [5, 5.41) is 0. The molecular formula is C14H21BrN2S. The SMILES string of the molecule is Brc1ccc(CCN2CCN3CCCCC3C2)s1. The summed E-state index contributed by atoms with van der Waals surface area (Å²) in [7, 11) is 0. The number of halogens is 1. The molecule has 1 aromatic rings. The van der Waals surface area contributed by atoms with Crippen LogP contribution >= 0.6 is 27.3 Å². The molecule has 2 aliphatic heterocycles. The Hall–Kier alpha value is 0.1000. The van der Waals surface area contributed by atoms with E-state index in [9.17, 15) is 0 Å². The van der Waals surface area contributed by atoms with Crippen molar-refractivity contribution >= 4 is 27.3 Å². The molecule has 3 heterocycles. The lowest BCUT2D eigenvalue weighted by Crippen LogP contribution is -2.54. The summed E-state index contributed by atoms with van der Waals surface area (Å²) < 4.78 is 1.26. The highest BCUT2D eigenvalue weighted by atomic mass is 79.9. The fraction of sp³-hybridized carbons (Fsp3) is 0.714. The minimum atomic E-state index is 0.850. The second-order valence-electron chi connectivity index (χ2n) is 5.44. The first-order chi connectivity index (χ1) is 8.81. The zero-order valence-corrected chi connectivity index (χ0v) is 13.2. The van der Waals surface area contributed by atoms with Crippen LogP contribution in [0.5, 0.6) is 0 Å². The molecule has 0 aliphatic carbocycles. The molecule has 0 saturated carbocycles. The first kappa shape index (κ1) is 13.1. The maximum absolute atomic E-state index is 3.54. The van der Waals surface area contributed by atoms with Gasteiger partial charge in [-0.25, -0.2) is 0 Å². The first-order valence-electron chi connectivity index (χ1n) is 7.02. The molecule has 1 unspecified atom stereocenters. The van der Waals surface area contributed by atoms with Crippen LogP contribution in [0.2, 0.25) is 0 Å². The van der Waals surface area contributed by atoms with Crippen molar-refractivity contribution in [2.24, 2.45) is 0 Å². The number of hydrogen-bond acceptors (Lipinski definition) is 3. The third-order valence-corrected chi connectivity index (χ3v) is 5.91. The summed E-state index contributed by atoms with van der Waals surface area (Å²) in [6.45, 7) is 6.43. The minimum absolute atomic E-state index is 0.850. The fourth-order valence-corrected chi connectivity index (χ4v) is 4.65. The number of piperidine rings is 1. The van der Waals surface area contributed by atoms with Crippen LogP contribution in [0.15, 0.2) is 15.9 Å². The number of nitrogens with zero attached hydrogens (tertiary/aromatic N) is 2. The van der Waals surface area contributed by atoms with Crippen LogP contribution in [-0.2, 0) is 6.42 Å². The lowest BCUT2D eigenvalue weighted by Gasteiger charge is -2.44. The van der Waals surface area contributed by atoms with Crippen LogP contribution in [-0.4, -0.2) is 48.6 Å². The van der Waals surface area contributed by atoms with Crippen LogP contribution < -0.4 is 0 Å². The molecule has 0 bridgehead atoms. The van der Waals surface area contributed by atoms with Gasteiger partial charge in [0.25, 0.3) is 0 Å². The first-order valence-corrected chi connectivity index (χ1v) is 8.63. The summed E-state index contributed by atoms with van der Waals surface area (Å²) in [4.78, 5) is 6.88. The molecule has 0 spiro atoms. The molecular weight excluding hydrogens is 308 g/mol. The van der Waals surface area contributed by atoms with E-state index in [-0.39, 0.29) is 0 Å². The van der Waals surface area contributed by atoms with Gasteiger partial charge in [0, 0.05) is 37.1 Å². The highest BCUT2D eigenvalue weighted by molar-refractivity contribution is 9.11. The van der Waals surface area contributed by atoms with Gasteiger partial charge in [0.05, 0.1) is 3.79 Å². The Morgan fingerprint density at radius 3 is 3.00 bits per heavy atom. The molecule has 1 aromatic heterocycles. The quantitative estimate of drug-likeness (QED) is 0.840. The Morgan fingerprint density at radius 1 is 1.22 bits per heavy atom. The second kappa shape index (κ2) is 6.04. The van der Waals surface area contributed by atoms with Gasteiger partial charge in [0.2, 0.25) is 0 Å². The molecule has 2 nitrogen and oxygen atoms in total. The Kier molecular flexibility index (Phi) is 4.39. The van der Waals surface area contributed by atoms with Gasteiger partial charge in [0.1, 0.15) is 0 Å². The van der Waals surface area contributed by atoms with Crippen LogP contribution in [0.3, 0.4) is 0 Å². The molecule has 2 fully saturated rings. The minimum Gasteiger partial charge on any atom is -0.300 e. The maximum atomic E-state index is 3.54. The van der Waals surface area contributed by atoms with Crippen molar-refractivity contribution in [1.29, 1.82) is 0 Å². The van der Waals surface area contributed by atoms with Crippen molar-refractivity contribution in [2.45, 2.75) is 31.7 Å². The van der Waals surface area contributed by atoms with Gasteiger partial charge in [-0.15, -0.1) is 11.3 Å². The lowest BCUT2D eigenvalue weighted by molar-refractivity contribution is 0.0501. The predicted molar refractivity (Wildman–Crippen MR) is 81.4 cm³/mol. The summed E-state index contributed by atoms with van der Waals surface area (Å²) in [5.41, 5.74) is 0. The summed E-state index contributed by atoms with van der Waals surface area (Å²) in [6, 6.07) is 5.27. The summed E-state index contributed by atoms with van der Waals surface area (Å²) in [6.07, 6.45) is 5.48. The maximum Gasteiger partial charge on any atom is 0.0701 e. The van der Waals surface area contributed by atoms with E-state index in [0.29, 0.717) is 0 Å². The smallest absolute Gasteiger partial charge is 0.0701 e. The van der Waals surface area contributed by atoms with E-state index in [1.807, 2.05) is 11.3 Å². The summed E-state index contributed by atoms with van der Waals surface area (Å²) >= 11 is 5.42. The molecule has 0 N–H and O–H groups in total. The van der Waals surface area contributed by atoms with Crippen molar-refractivity contribution in [3.63, 3.8) is 0 Å². The van der Waals surface area contributed by atoms with Crippen LogP contribution in [0.25, 0.3) is 0 Å². The van der Waals surface area contributed by atoms with E-state index >= 15 is 0 Å². The number of hydrogen-bond donors (Lipinski definition) is 0. The van der Waals surface area contributed by atoms with E-state index < -0.39 is 0 Å². The standard InChI is InChI=1S/C14H21BrN2S/c15-14-5-4-13(18-14)6-8-16-9-10-17-7-2-1-3-12(17)11-16/h4-5,12H,1-3,6-11H2. The van der Waals surface area contributed by atoms with E-state index in [1.54, 1.807) is 0 Å². The molecule has 0 aromatic carbocycles. The number of thiophene rings is 1. The van der Waals surface area contributed by atoms with Gasteiger partial charge < -0.3 is 4.90 Å². The molecule has 0 amide bonds. The van der Waals surface area contributed by atoms with E-state index in [4.69, 9.17) is 0 Å². The van der Waals surface area contributed by atoms with Gasteiger partial charge in [-0.05, 0) is 53.9 Å². The van der Waals surface area contributed by atoms with Crippen molar-refractivity contribution in [1.82, 2.24) is 9.80 Å². The highest BCUT2D eigenvalue weighted by Gasteiger charge is 2.28. The van der Waals surface area contributed by atoms with Crippen LogP contribution in [0.1, 0.15) is 24.1 Å². The molecule has 1 atom stereocenters. The van der Waals surface area contributed by atoms with Gasteiger partial charge in [-0.3, -0.25) is 4.90 Å². The van der Waals surface area contributed by atoms with Crippen LogP contribution in [0, 0.1) is 0 Å². The topological polar surface area (TPSA) is 6.48 Å². The van der Waals surface area contributed by atoms with Gasteiger partial charge >= 0.3 is 0 Å². The third kappa shape index (κ3) is 3.16. The summed E-state index contributed by atoms with van der Waals surface area (Å²) in [5.74, 6) is 0. The fourth-order valence-electron chi connectivity index (χ4n) is 3.18. The Bertz CT molecular complexity index is 393. The van der Waals surface area contributed by atoms with E-state index in [2.05, 4.69) is 37.9 Å². The van der Waals surface area contributed by atoms with E-state index in [0.717, 1.165) is 6.04 Å². The molecule has 18 heavy (non-hydrogen) atoms. The lowest BCUT2D eigenvalue weighted by atomic mass is 9.99. The average Bonchev–Trinajstić information content (AvgIpc) is 2.82. The molecule has 3 rings (SSSR count). The predicted octanol–water partition coefficient (Wildman–Crippen LogP) is 3.22. The largest absolute Gasteiger partial charge is 0.300 e. The van der Waals surface area contributed by atoms with Crippen molar-refractivity contribution in [3.05, 3.63) is 20.8 Å². The molecule has 4 heteroatoms. The van der Waals surface area contributed by atoms with Crippen molar-refractivity contribution in [3.8, 4) is 0 Å².